The van der Waals surface area contributed by atoms with Crippen LogP contribution in [-0.4, -0.2) is 35.9 Å². The molecule has 2 N–H and O–H groups in total. The maximum Gasteiger partial charge on any atom is 0.324 e. The predicted octanol–water partition coefficient (Wildman–Crippen LogP) is 1.56. The van der Waals surface area contributed by atoms with Gasteiger partial charge in [-0.15, -0.1) is 0 Å². The molecule has 1 aromatic rings. The van der Waals surface area contributed by atoms with Gasteiger partial charge in [0.05, 0.1) is 0 Å². The standard InChI is InChI=1S/C12H14ClNO5S/c1-12(2,11(16)17)20(18,19)7-10(15)14-9-5-3-4-8(13)6-9/h3-6H,7H2,1-2H3,(H,14,15)(H,16,17). The number of sulfone groups is 1. The van der Waals surface area contributed by atoms with E-state index in [1.165, 1.54) is 6.07 Å². The molecule has 1 aromatic carbocycles. The first-order valence-corrected chi connectivity index (χ1v) is 7.60. The molecule has 0 aromatic heterocycles. The first-order valence-electron chi connectivity index (χ1n) is 5.57. The molecule has 0 atom stereocenters. The van der Waals surface area contributed by atoms with E-state index in [-0.39, 0.29) is 0 Å². The molecule has 6 nitrogen and oxygen atoms in total. The molecule has 110 valence electrons. The molecule has 0 aliphatic rings. The highest BCUT2D eigenvalue weighted by atomic mass is 35.5. The van der Waals surface area contributed by atoms with Crippen LogP contribution in [0.25, 0.3) is 0 Å². The van der Waals surface area contributed by atoms with Crippen LogP contribution in [0.2, 0.25) is 5.02 Å². The molecule has 0 fully saturated rings. The van der Waals surface area contributed by atoms with E-state index in [1.807, 2.05) is 0 Å². The molecule has 0 saturated heterocycles. The van der Waals surface area contributed by atoms with Crippen LogP contribution in [0.3, 0.4) is 0 Å². The van der Waals surface area contributed by atoms with Gasteiger partial charge in [0.2, 0.25) is 5.91 Å². The molecule has 0 saturated carbocycles. The van der Waals surface area contributed by atoms with E-state index >= 15 is 0 Å². The normalized spacial score (nSPS) is 11.9. The van der Waals surface area contributed by atoms with Crippen molar-refractivity contribution < 1.29 is 23.1 Å². The number of halogens is 1. The van der Waals surface area contributed by atoms with Gasteiger partial charge in [-0.3, -0.25) is 9.59 Å². The predicted molar refractivity (Wildman–Crippen MR) is 75.6 cm³/mol. The van der Waals surface area contributed by atoms with Crippen molar-refractivity contribution in [1.29, 1.82) is 0 Å². The largest absolute Gasteiger partial charge is 0.480 e. The number of benzene rings is 1. The summed E-state index contributed by atoms with van der Waals surface area (Å²) in [7, 11) is -4.13. The fraction of sp³-hybridized carbons (Fsp3) is 0.333. The number of carbonyl (C=O) groups is 2. The van der Waals surface area contributed by atoms with Gasteiger partial charge in [-0.1, -0.05) is 17.7 Å². The van der Waals surface area contributed by atoms with E-state index in [9.17, 15) is 18.0 Å². The van der Waals surface area contributed by atoms with E-state index in [1.54, 1.807) is 18.2 Å². The lowest BCUT2D eigenvalue weighted by atomic mass is 10.2. The minimum atomic E-state index is -4.13. The molecule has 20 heavy (non-hydrogen) atoms. The summed E-state index contributed by atoms with van der Waals surface area (Å²) in [5, 5.41) is 11.6. The minimum absolute atomic E-state index is 0.339. The number of aliphatic carboxylic acids is 1. The van der Waals surface area contributed by atoms with Crippen LogP contribution >= 0.6 is 11.6 Å². The third kappa shape index (κ3) is 3.71. The van der Waals surface area contributed by atoms with E-state index in [2.05, 4.69) is 5.32 Å². The fourth-order valence-electron chi connectivity index (χ4n) is 1.25. The zero-order valence-electron chi connectivity index (χ0n) is 10.9. The van der Waals surface area contributed by atoms with Gasteiger partial charge >= 0.3 is 5.97 Å². The number of rotatable bonds is 5. The molecule has 0 spiro atoms. The highest BCUT2D eigenvalue weighted by Crippen LogP contribution is 2.19. The second kappa shape index (κ2) is 5.80. The van der Waals surface area contributed by atoms with Crippen molar-refractivity contribution in [2.24, 2.45) is 0 Å². The minimum Gasteiger partial charge on any atom is -0.480 e. The number of nitrogens with one attached hydrogen (secondary N) is 1. The average molecular weight is 320 g/mol. The number of hydrogen-bond donors (Lipinski definition) is 2. The summed E-state index contributed by atoms with van der Waals surface area (Å²) in [5.41, 5.74) is 0.339. The molecule has 0 aliphatic carbocycles. The highest BCUT2D eigenvalue weighted by molar-refractivity contribution is 7.94. The monoisotopic (exact) mass is 319 g/mol. The molecule has 0 radical (unpaired) electrons. The Kier molecular flexibility index (Phi) is 4.77. The van der Waals surface area contributed by atoms with Gasteiger partial charge in [-0.2, -0.15) is 0 Å². The van der Waals surface area contributed by atoms with Crippen LogP contribution in [-0.2, 0) is 19.4 Å². The number of anilines is 1. The Morgan fingerprint density at radius 1 is 1.35 bits per heavy atom. The third-order valence-electron chi connectivity index (χ3n) is 2.72. The van der Waals surface area contributed by atoms with Crippen LogP contribution in [0.5, 0.6) is 0 Å². The average Bonchev–Trinajstić information content (AvgIpc) is 2.27. The maximum absolute atomic E-state index is 11.9. The lowest BCUT2D eigenvalue weighted by Gasteiger charge is -2.19. The third-order valence-corrected chi connectivity index (χ3v) is 5.33. The summed E-state index contributed by atoms with van der Waals surface area (Å²) in [6, 6.07) is 6.18. The van der Waals surface area contributed by atoms with Gasteiger partial charge in [-0.25, -0.2) is 8.42 Å². The Labute approximate surface area is 121 Å². The molecule has 1 rings (SSSR count). The smallest absolute Gasteiger partial charge is 0.324 e. The second-order valence-corrected chi connectivity index (χ2v) is 7.61. The van der Waals surface area contributed by atoms with E-state index in [0.29, 0.717) is 10.7 Å². The van der Waals surface area contributed by atoms with Crippen LogP contribution in [0.1, 0.15) is 13.8 Å². The maximum atomic E-state index is 11.9. The summed E-state index contributed by atoms with van der Waals surface area (Å²) in [5.74, 6) is -3.24. The SMILES string of the molecule is CC(C)(C(=O)O)S(=O)(=O)CC(=O)Nc1cccc(Cl)c1. The van der Waals surface area contributed by atoms with Crippen LogP contribution < -0.4 is 5.32 Å². The summed E-state index contributed by atoms with van der Waals surface area (Å²) < 4.78 is 21.8. The van der Waals surface area contributed by atoms with Gasteiger partial charge < -0.3 is 10.4 Å². The zero-order valence-corrected chi connectivity index (χ0v) is 12.5. The Bertz CT molecular complexity index is 639. The van der Waals surface area contributed by atoms with Gasteiger partial charge in [0.1, 0.15) is 5.75 Å². The van der Waals surface area contributed by atoms with Crippen molar-refractivity contribution in [3.8, 4) is 0 Å². The Morgan fingerprint density at radius 3 is 2.45 bits per heavy atom. The molecular weight excluding hydrogens is 306 g/mol. The van der Waals surface area contributed by atoms with Crippen LogP contribution in [0, 0.1) is 0 Å². The zero-order chi connectivity index (χ0) is 15.6. The summed E-state index contributed by atoms with van der Waals surface area (Å²) in [6.07, 6.45) is 0. The topological polar surface area (TPSA) is 101 Å². The number of carbonyl (C=O) groups excluding carboxylic acids is 1. The summed E-state index contributed by atoms with van der Waals surface area (Å²) in [6.45, 7) is 2.08. The summed E-state index contributed by atoms with van der Waals surface area (Å²) in [4.78, 5) is 22.6. The Hall–Kier alpha value is -1.60. The van der Waals surface area contributed by atoms with Crippen molar-refractivity contribution in [3.05, 3.63) is 29.3 Å². The van der Waals surface area contributed by atoms with Gasteiger partial charge in [-0.05, 0) is 32.0 Å². The van der Waals surface area contributed by atoms with Crippen molar-refractivity contribution in [3.63, 3.8) is 0 Å². The molecule has 0 bridgehead atoms. The molecule has 0 aliphatic heterocycles. The van der Waals surface area contributed by atoms with E-state index in [4.69, 9.17) is 16.7 Å². The lowest BCUT2D eigenvalue weighted by Crippen LogP contribution is -2.44. The first kappa shape index (κ1) is 16.5. The van der Waals surface area contributed by atoms with Crippen molar-refractivity contribution in [2.45, 2.75) is 18.6 Å². The fourth-order valence-corrected chi connectivity index (χ4v) is 2.48. The van der Waals surface area contributed by atoms with Crippen LogP contribution in [0.15, 0.2) is 24.3 Å². The molecule has 0 unspecified atom stereocenters. The van der Waals surface area contributed by atoms with Crippen molar-refractivity contribution in [1.82, 2.24) is 0 Å². The highest BCUT2D eigenvalue weighted by Gasteiger charge is 2.42. The van der Waals surface area contributed by atoms with Gasteiger partial charge in [0.25, 0.3) is 0 Å². The number of hydrogen-bond acceptors (Lipinski definition) is 4. The van der Waals surface area contributed by atoms with Gasteiger partial charge in [0, 0.05) is 10.7 Å². The number of carboxylic acids is 1. The molecule has 8 heteroatoms. The van der Waals surface area contributed by atoms with Crippen molar-refractivity contribution in [2.75, 3.05) is 11.1 Å². The molecule has 0 heterocycles. The van der Waals surface area contributed by atoms with E-state index in [0.717, 1.165) is 13.8 Å². The number of amides is 1. The Balaban J connectivity index is 2.84. The first-order chi connectivity index (χ1) is 9.06. The molecular formula is C12H14ClNO5S. The van der Waals surface area contributed by atoms with Crippen molar-refractivity contribution >= 4 is 39.0 Å². The Morgan fingerprint density at radius 2 is 1.95 bits per heavy atom. The van der Waals surface area contributed by atoms with E-state index < -0.39 is 32.2 Å². The van der Waals surface area contributed by atoms with Crippen LogP contribution in [0.4, 0.5) is 5.69 Å². The number of carboxylic acid groups (broad SMARTS) is 1. The summed E-state index contributed by atoms with van der Waals surface area (Å²) >= 11 is 5.73. The molecule has 1 amide bonds. The lowest BCUT2D eigenvalue weighted by molar-refractivity contribution is -0.139. The van der Waals surface area contributed by atoms with Gasteiger partial charge in [0.15, 0.2) is 14.6 Å². The quantitative estimate of drug-likeness (QED) is 0.857. The second-order valence-electron chi connectivity index (χ2n) is 4.63.